The summed E-state index contributed by atoms with van der Waals surface area (Å²) in [5.74, 6) is -12.2. The minimum Gasteiger partial charge on any atom is -0.481 e. The second-order valence-electron chi connectivity index (χ2n) is 25.0. The van der Waals surface area contributed by atoms with Gasteiger partial charge in [-0.15, -0.1) is 0 Å². The highest BCUT2D eigenvalue weighted by atomic mass is 79.9. The van der Waals surface area contributed by atoms with Gasteiger partial charge < -0.3 is 48.1 Å². The molecule has 2 atom stereocenters. The first kappa shape index (κ1) is 104. The summed E-state index contributed by atoms with van der Waals surface area (Å²) < 4.78 is 147. The second-order valence-corrected chi connectivity index (χ2v) is 25.5. The van der Waals surface area contributed by atoms with Gasteiger partial charge in [0.2, 0.25) is 0 Å². The number of aliphatic hydroxyl groups excluding tert-OH is 1. The van der Waals surface area contributed by atoms with Gasteiger partial charge in [0.25, 0.3) is 0 Å². The molecule has 0 amide bonds. The van der Waals surface area contributed by atoms with Crippen molar-refractivity contribution in [1.29, 1.82) is 0 Å². The molecular formula is C83H111BrF8O19. The molecule has 111 heavy (non-hydrogen) atoms. The van der Waals surface area contributed by atoms with Gasteiger partial charge in [0.05, 0.1) is 32.3 Å². The van der Waals surface area contributed by atoms with Crippen molar-refractivity contribution in [2.75, 3.05) is 59.5 Å². The molecule has 0 aliphatic heterocycles. The van der Waals surface area contributed by atoms with Crippen LogP contribution in [0.2, 0.25) is 0 Å². The summed E-state index contributed by atoms with van der Waals surface area (Å²) in [6.07, 6.45) is 12.0. The molecule has 0 aliphatic carbocycles. The molecule has 0 bridgehead atoms. The molecule has 19 nitrogen and oxygen atoms in total. The van der Waals surface area contributed by atoms with Crippen molar-refractivity contribution >= 4 is 69.7 Å². The minimum atomic E-state index is -1.87. The van der Waals surface area contributed by atoms with Crippen LogP contribution in [-0.2, 0) is 106 Å². The largest absolute Gasteiger partial charge is 0.481 e. The molecule has 0 aliphatic rings. The number of aliphatic hydroxyl groups is 1. The predicted molar refractivity (Wildman–Crippen MR) is 408 cm³/mol. The molecule has 2 unspecified atom stereocenters. The summed E-state index contributed by atoms with van der Waals surface area (Å²) in [4.78, 5) is 106. The Kier molecular flexibility index (Phi) is 56.0. The van der Waals surface area contributed by atoms with Crippen LogP contribution in [-0.4, -0.2) is 123 Å². The Morgan fingerprint density at radius 3 is 1.04 bits per heavy atom. The Balaban J connectivity index is 0. The van der Waals surface area contributed by atoms with Crippen LogP contribution in [0.15, 0.2) is 99.2 Å². The number of esters is 8. The summed E-state index contributed by atoms with van der Waals surface area (Å²) in [6.45, 7) is 27.2. The lowest BCUT2D eigenvalue weighted by atomic mass is 9.77. The van der Waals surface area contributed by atoms with Crippen LogP contribution in [0.5, 0.6) is 0 Å². The van der Waals surface area contributed by atoms with E-state index in [-0.39, 0.29) is 150 Å². The molecule has 28 heteroatoms. The molecule has 4 rings (SSSR count). The molecular weight excluding hydrogens is 1530 g/mol. The number of benzene rings is 4. The minimum absolute atomic E-state index is 0. The first-order valence-corrected chi connectivity index (χ1v) is 37.3. The van der Waals surface area contributed by atoms with E-state index in [0.717, 1.165) is 18.6 Å². The molecule has 2 N–H and O–H groups in total. The highest BCUT2D eigenvalue weighted by molar-refractivity contribution is 9.08. The number of hydrogen-bond acceptors (Lipinski definition) is 18. The zero-order valence-electron chi connectivity index (χ0n) is 64.2. The topological polar surface area (TPSA) is 268 Å². The summed E-state index contributed by atoms with van der Waals surface area (Å²) in [7, 11) is 0. The van der Waals surface area contributed by atoms with E-state index >= 15 is 0 Å². The van der Waals surface area contributed by atoms with Crippen LogP contribution in [0.25, 0.3) is 0 Å². The summed E-state index contributed by atoms with van der Waals surface area (Å²) >= 11 is 3.12. The van der Waals surface area contributed by atoms with Crippen molar-refractivity contribution < 1.29 is 126 Å². The van der Waals surface area contributed by atoms with E-state index in [1.54, 1.807) is 27.7 Å². The van der Waals surface area contributed by atoms with Crippen molar-refractivity contribution in [3.63, 3.8) is 0 Å². The standard InChI is InChI=1S/C24H30F2O6.C17H22F2O4.C17H24F2O3.C16H24O6.C8H7BrF2.CH4/c1-5-12-31-22(28)24(23(29)32-13-6-2,11-9-8-10-21(27)30-7-3)16-18-14-19(25)17(4)20(26)15-18;1-3-23-16(20)7-5-4-6-13(17(21)22)8-12-9-14(18)11(2)15(19)10-12;1-3-22-17(21)7-5-4-6-13(11-20)8-14-9-15(18)12(2)16(19)10-14;1-4-11-21-15(18)13(16(19)22-12-5-2)9-7-8-10-14(17)20-6-3;1-5-7(10)2-6(4-9)3-8(5)11;/h5-6,14-15H,1-2,7-13,16H2,3-4H3;9-10,13H,3-8H2,1-2H3,(H,21,22);9-10,13,20H,3-8,11H2,1-2H3;4-5,13H,1-2,6-12H2,3H3;2-3H,4H2,1H3;1H4. The molecule has 4 aromatic carbocycles. The molecule has 0 aromatic heterocycles. The van der Waals surface area contributed by atoms with Crippen molar-refractivity contribution in [2.45, 2.75) is 190 Å². The molecule has 0 saturated heterocycles. The number of halogens is 9. The fourth-order valence-electron chi connectivity index (χ4n) is 10.2. The molecule has 0 radical (unpaired) electrons. The van der Waals surface area contributed by atoms with Gasteiger partial charge in [-0.05, 0) is 203 Å². The van der Waals surface area contributed by atoms with E-state index in [4.69, 9.17) is 37.9 Å². The highest BCUT2D eigenvalue weighted by Crippen LogP contribution is 2.35. The van der Waals surface area contributed by atoms with E-state index in [2.05, 4.69) is 42.2 Å². The smallest absolute Gasteiger partial charge is 0.324 e. The van der Waals surface area contributed by atoms with Crippen molar-refractivity contribution in [1.82, 2.24) is 0 Å². The number of carboxylic acid groups (broad SMARTS) is 1. The third-order valence-electron chi connectivity index (χ3n) is 16.3. The van der Waals surface area contributed by atoms with Gasteiger partial charge in [0.1, 0.15) is 73.0 Å². The summed E-state index contributed by atoms with van der Waals surface area (Å²) in [5.41, 5.74) is -0.434. The van der Waals surface area contributed by atoms with E-state index in [9.17, 15) is 88.5 Å². The summed E-state index contributed by atoms with van der Waals surface area (Å²) in [6, 6.07) is 9.79. The fourth-order valence-corrected chi connectivity index (χ4v) is 10.6. The van der Waals surface area contributed by atoms with Gasteiger partial charge in [0, 0.05) is 59.9 Å². The van der Waals surface area contributed by atoms with Crippen LogP contribution < -0.4 is 0 Å². The zero-order valence-corrected chi connectivity index (χ0v) is 65.8. The maximum absolute atomic E-state index is 14.1. The quantitative estimate of drug-likeness (QED) is 0.00792. The van der Waals surface area contributed by atoms with E-state index in [1.807, 2.05) is 0 Å². The highest BCUT2D eigenvalue weighted by Gasteiger charge is 2.49. The van der Waals surface area contributed by atoms with E-state index < -0.39 is 99.6 Å². The maximum Gasteiger partial charge on any atom is 0.324 e. The van der Waals surface area contributed by atoms with Gasteiger partial charge >= 0.3 is 53.7 Å². The number of carbonyl (C=O) groups excluding carboxylic acids is 8. The second kappa shape index (κ2) is 59.7. The van der Waals surface area contributed by atoms with Crippen molar-refractivity contribution in [2.24, 2.45) is 23.2 Å². The number of carboxylic acids is 1. The van der Waals surface area contributed by atoms with Crippen LogP contribution in [0, 0.1) is 97.4 Å². The monoisotopic (exact) mass is 1640 g/mol. The lowest BCUT2D eigenvalue weighted by Crippen LogP contribution is -2.44. The average molecular weight is 1640 g/mol. The molecule has 0 heterocycles. The molecule has 0 saturated carbocycles. The zero-order chi connectivity index (χ0) is 83.3. The molecule has 0 fully saturated rings. The molecule has 620 valence electrons. The number of ether oxygens (including phenoxy) is 8. The van der Waals surface area contributed by atoms with Crippen molar-refractivity contribution in [3.8, 4) is 0 Å². The number of carbonyl (C=O) groups is 9. The molecule has 4 aromatic rings. The van der Waals surface area contributed by atoms with Crippen LogP contribution in [0.3, 0.4) is 0 Å². The van der Waals surface area contributed by atoms with Crippen LogP contribution in [0.4, 0.5) is 35.1 Å². The normalized spacial score (nSPS) is 11.0. The first-order valence-electron chi connectivity index (χ1n) is 36.2. The van der Waals surface area contributed by atoms with Gasteiger partial charge in [-0.3, -0.25) is 43.2 Å². The van der Waals surface area contributed by atoms with Crippen molar-refractivity contribution in [3.05, 3.63) is 190 Å². The molecule has 0 spiro atoms. The Bertz CT molecular complexity index is 3450. The lowest BCUT2D eigenvalue weighted by molar-refractivity contribution is -0.172. The van der Waals surface area contributed by atoms with Gasteiger partial charge in [-0.2, -0.15) is 0 Å². The number of rotatable bonds is 45. The van der Waals surface area contributed by atoms with Gasteiger partial charge in [0.15, 0.2) is 11.3 Å². The Labute approximate surface area is 656 Å². The fraction of sp³-hybridized carbons (Fsp3) is 0.506. The third kappa shape index (κ3) is 42.3. The third-order valence-corrected chi connectivity index (χ3v) is 17.0. The average Bonchev–Trinajstić information content (AvgIpc) is 0.787. The van der Waals surface area contributed by atoms with Crippen LogP contribution in [0.1, 0.15) is 182 Å². The predicted octanol–water partition coefficient (Wildman–Crippen LogP) is 17.6. The van der Waals surface area contributed by atoms with E-state index in [1.165, 1.54) is 88.4 Å². The lowest BCUT2D eigenvalue weighted by Gasteiger charge is -2.29. The number of unbranched alkanes of at least 4 members (excludes halogenated alkanes) is 4. The Morgan fingerprint density at radius 2 is 0.721 bits per heavy atom. The Morgan fingerprint density at radius 1 is 0.423 bits per heavy atom. The Hall–Kier alpha value is -9.05. The number of hydrogen-bond donors (Lipinski definition) is 2. The maximum atomic E-state index is 14.1. The number of aliphatic carboxylic acids is 1. The SMILES string of the molecule is C.C=CCOC(=O)C(CCCCC(=O)OCC)(Cc1cc(F)c(C)c(F)c1)C(=O)OCC=C.C=CCOC(=O)C(CCCCC(=O)OCC)C(=O)OCC=C.CCOC(=O)CCCCC(CO)Cc1cc(F)c(C)c(F)c1.CCOC(=O)CCCCC(Cc1cc(F)c(C)c(F)c1)C(=O)O.Cc1c(F)cc(CBr)cc1F. The van der Waals surface area contributed by atoms with E-state index in [0.29, 0.717) is 106 Å². The summed E-state index contributed by atoms with van der Waals surface area (Å²) in [5, 5.41) is 19.1. The van der Waals surface area contributed by atoms with Crippen LogP contribution >= 0.6 is 15.9 Å². The first-order chi connectivity index (χ1) is 52.2. The van der Waals surface area contributed by atoms with Gasteiger partial charge in [-0.1, -0.05) is 99.7 Å². The number of alkyl halides is 1. The van der Waals surface area contributed by atoms with Gasteiger partial charge in [-0.25, -0.2) is 35.1 Å².